The number of nitrogens with zero attached hydrogens (tertiary/aromatic N) is 2. The highest BCUT2D eigenvalue weighted by Crippen LogP contribution is 2.32. The number of benzene rings is 2. The minimum Gasteiger partial charge on any atom is -0.372 e. The number of imide groups is 1. The molecule has 1 aliphatic heterocycles. The average molecular weight is 430 g/mol. The van der Waals surface area contributed by atoms with Gasteiger partial charge in [-0.1, -0.05) is 29.8 Å². The Balaban J connectivity index is 1.68. The summed E-state index contributed by atoms with van der Waals surface area (Å²) in [4.78, 5) is 28.9. The maximum absolute atomic E-state index is 12.7. The van der Waals surface area contributed by atoms with Gasteiger partial charge in [-0.25, -0.2) is 0 Å². The normalized spacial score (nSPS) is 15.3. The lowest BCUT2D eigenvalue weighted by molar-refractivity contribution is -0.122. The second kappa shape index (κ2) is 9.37. The SMILES string of the molecule is CCN(CC)c1ccc(/C=C2/SC(=O)N(CNc3ccc(C)c(Cl)c3)C2=O)cc1. The number of nitrogens with one attached hydrogen (secondary N) is 1. The Kier molecular flexibility index (Phi) is 6.87. The van der Waals surface area contributed by atoms with Crippen LogP contribution in [0.3, 0.4) is 0 Å². The lowest BCUT2D eigenvalue weighted by atomic mass is 10.1. The van der Waals surface area contributed by atoms with Crippen LogP contribution in [0.5, 0.6) is 0 Å². The Labute approximate surface area is 180 Å². The number of carbonyl (C=O) groups is 2. The highest BCUT2D eigenvalue weighted by molar-refractivity contribution is 8.18. The first kappa shape index (κ1) is 21.3. The smallest absolute Gasteiger partial charge is 0.295 e. The van der Waals surface area contributed by atoms with Gasteiger partial charge in [0.25, 0.3) is 11.1 Å². The van der Waals surface area contributed by atoms with E-state index in [1.807, 2.05) is 43.3 Å². The molecular formula is C22H24ClN3O2S. The van der Waals surface area contributed by atoms with Crippen molar-refractivity contribution < 1.29 is 9.59 Å². The summed E-state index contributed by atoms with van der Waals surface area (Å²) < 4.78 is 0. The predicted molar refractivity (Wildman–Crippen MR) is 122 cm³/mol. The molecule has 1 heterocycles. The van der Waals surface area contributed by atoms with Crippen LogP contribution in [-0.2, 0) is 4.79 Å². The van der Waals surface area contributed by atoms with Crippen LogP contribution >= 0.6 is 23.4 Å². The third-order valence-electron chi connectivity index (χ3n) is 4.81. The summed E-state index contributed by atoms with van der Waals surface area (Å²) in [5, 5.41) is 3.44. The predicted octanol–water partition coefficient (Wildman–Crippen LogP) is 5.60. The molecule has 2 amide bonds. The quantitative estimate of drug-likeness (QED) is 0.580. The first-order valence-corrected chi connectivity index (χ1v) is 10.7. The summed E-state index contributed by atoms with van der Waals surface area (Å²) in [6.07, 6.45) is 1.76. The number of aryl methyl sites for hydroxylation is 1. The monoisotopic (exact) mass is 429 g/mol. The number of rotatable bonds is 7. The van der Waals surface area contributed by atoms with Crippen LogP contribution in [0.2, 0.25) is 5.02 Å². The lowest BCUT2D eigenvalue weighted by Crippen LogP contribution is -2.33. The first-order chi connectivity index (χ1) is 13.9. The molecule has 3 rings (SSSR count). The van der Waals surface area contributed by atoms with E-state index in [-0.39, 0.29) is 17.8 Å². The maximum Gasteiger partial charge on any atom is 0.295 e. The van der Waals surface area contributed by atoms with Gasteiger partial charge in [0.05, 0.1) is 11.6 Å². The number of hydrogen-bond donors (Lipinski definition) is 1. The molecule has 5 nitrogen and oxygen atoms in total. The highest BCUT2D eigenvalue weighted by Gasteiger charge is 2.34. The van der Waals surface area contributed by atoms with E-state index >= 15 is 0 Å². The van der Waals surface area contributed by atoms with E-state index in [9.17, 15) is 9.59 Å². The molecule has 29 heavy (non-hydrogen) atoms. The van der Waals surface area contributed by atoms with E-state index in [1.165, 1.54) is 4.90 Å². The van der Waals surface area contributed by atoms with Crippen molar-refractivity contribution in [1.29, 1.82) is 0 Å². The highest BCUT2D eigenvalue weighted by atomic mass is 35.5. The van der Waals surface area contributed by atoms with Crippen LogP contribution in [-0.4, -0.2) is 35.8 Å². The van der Waals surface area contributed by atoms with Gasteiger partial charge in [-0.3, -0.25) is 14.5 Å². The molecule has 0 aromatic heterocycles. The zero-order chi connectivity index (χ0) is 21.0. The Morgan fingerprint density at radius 1 is 1.10 bits per heavy atom. The Hall–Kier alpha value is -2.44. The van der Waals surface area contributed by atoms with Gasteiger partial charge in [-0.15, -0.1) is 0 Å². The Bertz CT molecular complexity index is 940. The summed E-state index contributed by atoms with van der Waals surface area (Å²) in [7, 11) is 0. The van der Waals surface area contributed by atoms with Gasteiger partial charge in [0.1, 0.15) is 0 Å². The van der Waals surface area contributed by atoms with Gasteiger partial charge in [0.15, 0.2) is 0 Å². The largest absolute Gasteiger partial charge is 0.372 e. The first-order valence-electron chi connectivity index (χ1n) is 9.53. The zero-order valence-electron chi connectivity index (χ0n) is 16.7. The second-order valence-corrected chi connectivity index (χ2v) is 8.07. The average Bonchev–Trinajstić information content (AvgIpc) is 2.98. The molecule has 2 aromatic rings. The molecule has 7 heteroatoms. The molecule has 0 spiro atoms. The summed E-state index contributed by atoms with van der Waals surface area (Å²) >= 11 is 7.08. The topological polar surface area (TPSA) is 52.7 Å². The maximum atomic E-state index is 12.7. The van der Waals surface area contributed by atoms with Crippen LogP contribution in [0.25, 0.3) is 6.08 Å². The molecule has 1 fully saturated rings. The van der Waals surface area contributed by atoms with Crippen LogP contribution in [0.4, 0.5) is 16.2 Å². The zero-order valence-corrected chi connectivity index (χ0v) is 18.3. The Morgan fingerprint density at radius 3 is 2.41 bits per heavy atom. The number of thioether (sulfide) groups is 1. The third kappa shape index (κ3) is 4.95. The van der Waals surface area contributed by atoms with Crippen LogP contribution in [0, 0.1) is 6.92 Å². The standard InChI is InChI=1S/C22H24ClN3O2S/c1-4-25(5-2)18-10-7-16(8-11-18)12-20-21(27)26(22(28)29-20)14-24-17-9-6-15(3)19(23)13-17/h6-13,24H,4-5,14H2,1-3H3/b20-12+. The summed E-state index contributed by atoms with van der Waals surface area (Å²) in [6.45, 7) is 8.13. The van der Waals surface area contributed by atoms with Gasteiger partial charge < -0.3 is 10.2 Å². The number of amides is 2. The molecule has 1 saturated heterocycles. The van der Waals surface area contributed by atoms with Crippen LogP contribution in [0.15, 0.2) is 47.4 Å². The van der Waals surface area contributed by atoms with Crippen molar-refractivity contribution in [3.05, 3.63) is 63.5 Å². The van der Waals surface area contributed by atoms with Gasteiger partial charge >= 0.3 is 0 Å². The van der Waals surface area contributed by atoms with Gasteiger partial charge in [-0.2, -0.15) is 0 Å². The lowest BCUT2D eigenvalue weighted by Gasteiger charge is -2.20. The van der Waals surface area contributed by atoms with E-state index in [2.05, 4.69) is 24.1 Å². The fourth-order valence-corrected chi connectivity index (χ4v) is 4.05. The summed E-state index contributed by atoms with van der Waals surface area (Å²) in [5.41, 5.74) is 3.76. The van der Waals surface area contributed by atoms with Crippen molar-refractivity contribution in [2.24, 2.45) is 0 Å². The van der Waals surface area contributed by atoms with E-state index in [1.54, 1.807) is 12.1 Å². The minimum atomic E-state index is -0.293. The molecule has 0 unspecified atom stereocenters. The number of halogens is 1. The molecule has 2 aromatic carbocycles. The van der Waals surface area contributed by atoms with Crippen molar-refractivity contribution in [3.63, 3.8) is 0 Å². The minimum absolute atomic E-state index is 0.0995. The van der Waals surface area contributed by atoms with Crippen molar-refractivity contribution >= 4 is 52.0 Å². The van der Waals surface area contributed by atoms with E-state index in [0.717, 1.165) is 47.4 Å². The van der Waals surface area contributed by atoms with Gasteiger partial charge in [0.2, 0.25) is 0 Å². The molecule has 0 atom stereocenters. The van der Waals surface area contributed by atoms with Crippen molar-refractivity contribution in [2.45, 2.75) is 20.8 Å². The molecule has 1 aliphatic rings. The van der Waals surface area contributed by atoms with Crippen molar-refractivity contribution in [2.75, 3.05) is 30.0 Å². The van der Waals surface area contributed by atoms with Gasteiger partial charge in [-0.05, 0) is 74.0 Å². The molecule has 0 radical (unpaired) electrons. The summed E-state index contributed by atoms with van der Waals surface area (Å²) in [5.74, 6) is -0.293. The van der Waals surface area contributed by atoms with Crippen LogP contribution < -0.4 is 10.2 Å². The Morgan fingerprint density at radius 2 is 1.79 bits per heavy atom. The third-order valence-corrected chi connectivity index (χ3v) is 6.12. The van der Waals surface area contributed by atoms with E-state index in [0.29, 0.717) is 9.93 Å². The van der Waals surface area contributed by atoms with Crippen molar-refractivity contribution in [1.82, 2.24) is 4.90 Å². The summed E-state index contributed by atoms with van der Waals surface area (Å²) in [6, 6.07) is 13.5. The molecule has 0 aliphatic carbocycles. The molecule has 1 N–H and O–H groups in total. The van der Waals surface area contributed by atoms with Crippen LogP contribution in [0.1, 0.15) is 25.0 Å². The number of carbonyl (C=O) groups excluding carboxylic acids is 2. The van der Waals surface area contributed by atoms with E-state index < -0.39 is 0 Å². The second-order valence-electron chi connectivity index (χ2n) is 6.67. The fourth-order valence-electron chi connectivity index (χ4n) is 3.03. The fraction of sp³-hybridized carbons (Fsp3) is 0.273. The number of hydrogen-bond acceptors (Lipinski definition) is 5. The molecular weight excluding hydrogens is 406 g/mol. The van der Waals surface area contributed by atoms with Gasteiger partial charge in [0, 0.05) is 29.5 Å². The number of anilines is 2. The molecule has 0 saturated carbocycles. The molecule has 152 valence electrons. The molecule has 0 bridgehead atoms. The van der Waals surface area contributed by atoms with E-state index in [4.69, 9.17) is 11.6 Å². The van der Waals surface area contributed by atoms with Crippen molar-refractivity contribution in [3.8, 4) is 0 Å².